The van der Waals surface area contributed by atoms with E-state index in [4.69, 9.17) is 16.3 Å². The first-order valence-electron chi connectivity index (χ1n) is 8.25. The average molecular weight is 355 g/mol. The van der Waals surface area contributed by atoms with Crippen molar-refractivity contribution in [1.29, 1.82) is 0 Å². The molecular weight excluding hydrogens is 340 g/mol. The summed E-state index contributed by atoms with van der Waals surface area (Å²) in [6.07, 6.45) is 6.68. The second kappa shape index (κ2) is 5.79. The van der Waals surface area contributed by atoms with E-state index in [0.29, 0.717) is 11.3 Å². The maximum absolute atomic E-state index is 6.21. The molecule has 3 aromatic heterocycles. The summed E-state index contributed by atoms with van der Waals surface area (Å²) in [5.74, 6) is 0. The van der Waals surface area contributed by atoms with Gasteiger partial charge in [-0.05, 0) is 36.9 Å². The van der Waals surface area contributed by atoms with Gasteiger partial charge in [0.05, 0.1) is 18.0 Å². The molecule has 0 aliphatic carbocycles. The van der Waals surface area contributed by atoms with E-state index < -0.39 is 0 Å². The number of benzene rings is 1. The van der Waals surface area contributed by atoms with Crippen molar-refractivity contribution in [3.63, 3.8) is 0 Å². The normalized spacial score (nSPS) is 18.2. The molecule has 4 heterocycles. The van der Waals surface area contributed by atoms with Crippen molar-refractivity contribution in [3.8, 4) is 11.3 Å². The van der Waals surface area contributed by atoms with Crippen LogP contribution < -0.4 is 0 Å². The Labute approximate surface area is 148 Å². The number of halogens is 1. The van der Waals surface area contributed by atoms with Crippen LogP contribution >= 0.6 is 11.6 Å². The number of hydrogen-bond acceptors (Lipinski definition) is 5. The molecule has 1 aliphatic heterocycles. The van der Waals surface area contributed by atoms with Gasteiger partial charge < -0.3 is 4.74 Å². The first-order valence-corrected chi connectivity index (χ1v) is 8.62. The highest BCUT2D eigenvalue weighted by atomic mass is 35.5. The summed E-state index contributed by atoms with van der Waals surface area (Å²) in [5.41, 5.74) is 3.99. The van der Waals surface area contributed by atoms with Gasteiger partial charge in [-0.1, -0.05) is 12.1 Å². The smallest absolute Gasteiger partial charge is 0.225 e. The lowest BCUT2D eigenvalue weighted by molar-refractivity contribution is -0.0298. The van der Waals surface area contributed by atoms with Crippen LogP contribution in [0.3, 0.4) is 0 Å². The molecule has 1 fully saturated rings. The van der Waals surface area contributed by atoms with Gasteiger partial charge in [0.1, 0.15) is 17.4 Å². The standard InChI is InChI=1S/C17H15ClN6O/c18-17-21-14(10-4-5-11-8-20-23-12(11)7-10)15-16(22-17)24(9-19-15)13-3-1-2-6-25-13/h4-5,7-9,13H,1-3,6H2,(H,20,23). The van der Waals surface area contributed by atoms with Crippen molar-refractivity contribution >= 4 is 33.7 Å². The fourth-order valence-electron chi connectivity index (χ4n) is 3.33. The molecule has 0 radical (unpaired) electrons. The molecule has 0 saturated carbocycles. The molecule has 0 amide bonds. The Balaban J connectivity index is 1.68. The van der Waals surface area contributed by atoms with E-state index >= 15 is 0 Å². The molecule has 7 nitrogen and oxygen atoms in total. The molecule has 25 heavy (non-hydrogen) atoms. The molecule has 0 spiro atoms. The minimum absolute atomic E-state index is 0.0485. The van der Waals surface area contributed by atoms with Crippen LogP contribution in [0.2, 0.25) is 5.28 Å². The van der Waals surface area contributed by atoms with E-state index in [1.165, 1.54) is 0 Å². The number of H-pyrrole nitrogens is 1. The Morgan fingerprint density at radius 2 is 2.20 bits per heavy atom. The predicted octanol–water partition coefficient (Wildman–Crippen LogP) is 3.72. The zero-order chi connectivity index (χ0) is 16.8. The summed E-state index contributed by atoms with van der Waals surface area (Å²) in [5, 5.41) is 8.28. The van der Waals surface area contributed by atoms with Gasteiger partial charge >= 0.3 is 0 Å². The van der Waals surface area contributed by atoms with E-state index in [0.717, 1.165) is 47.9 Å². The second-order valence-electron chi connectivity index (χ2n) is 6.16. The van der Waals surface area contributed by atoms with Gasteiger partial charge in [-0.25, -0.2) is 9.97 Å². The average Bonchev–Trinajstić information content (AvgIpc) is 3.27. The molecule has 1 aliphatic rings. The van der Waals surface area contributed by atoms with Gasteiger partial charge in [0.25, 0.3) is 0 Å². The van der Waals surface area contributed by atoms with Crippen LogP contribution in [0, 0.1) is 0 Å². The SMILES string of the molecule is Clc1nc(-c2ccc3cn[nH]c3c2)c2ncn(C3CCCCO3)c2n1. The van der Waals surface area contributed by atoms with E-state index in [1.807, 2.05) is 22.8 Å². The number of hydrogen-bond donors (Lipinski definition) is 1. The highest BCUT2D eigenvalue weighted by molar-refractivity contribution is 6.28. The topological polar surface area (TPSA) is 81.5 Å². The second-order valence-corrected chi connectivity index (χ2v) is 6.50. The van der Waals surface area contributed by atoms with Crippen molar-refractivity contribution in [2.24, 2.45) is 0 Å². The first kappa shape index (κ1) is 14.8. The van der Waals surface area contributed by atoms with Crippen LogP contribution in [0.1, 0.15) is 25.5 Å². The van der Waals surface area contributed by atoms with E-state index in [2.05, 4.69) is 25.1 Å². The number of ether oxygens (including phenoxy) is 1. The van der Waals surface area contributed by atoms with Gasteiger partial charge in [0.2, 0.25) is 5.28 Å². The predicted molar refractivity (Wildman–Crippen MR) is 94.3 cm³/mol. The summed E-state index contributed by atoms with van der Waals surface area (Å²) in [6, 6.07) is 5.99. The molecule has 0 bridgehead atoms. The number of aromatic nitrogens is 6. The molecule has 4 aromatic rings. The van der Waals surface area contributed by atoms with Crippen LogP contribution in [0.15, 0.2) is 30.7 Å². The lowest BCUT2D eigenvalue weighted by atomic mass is 10.1. The van der Waals surface area contributed by atoms with Crippen molar-refractivity contribution in [2.75, 3.05) is 6.61 Å². The minimum Gasteiger partial charge on any atom is -0.358 e. The summed E-state index contributed by atoms with van der Waals surface area (Å²) in [6.45, 7) is 0.756. The van der Waals surface area contributed by atoms with Crippen LogP contribution in [-0.4, -0.2) is 36.3 Å². The van der Waals surface area contributed by atoms with Crippen molar-refractivity contribution in [3.05, 3.63) is 36.0 Å². The molecule has 1 aromatic carbocycles. The van der Waals surface area contributed by atoms with Crippen molar-refractivity contribution in [1.82, 2.24) is 29.7 Å². The highest BCUT2D eigenvalue weighted by Gasteiger charge is 2.21. The third-order valence-electron chi connectivity index (χ3n) is 4.58. The fraction of sp³-hybridized carbons (Fsp3) is 0.294. The quantitative estimate of drug-likeness (QED) is 0.555. The fourth-order valence-corrected chi connectivity index (χ4v) is 3.49. The number of aromatic amines is 1. The van der Waals surface area contributed by atoms with Gasteiger partial charge in [-0.2, -0.15) is 10.1 Å². The molecule has 5 rings (SSSR count). The lowest BCUT2D eigenvalue weighted by Crippen LogP contribution is -2.17. The molecule has 8 heteroatoms. The number of rotatable bonds is 2. The van der Waals surface area contributed by atoms with Gasteiger partial charge in [-0.15, -0.1) is 0 Å². The van der Waals surface area contributed by atoms with E-state index in [-0.39, 0.29) is 11.5 Å². The van der Waals surface area contributed by atoms with Crippen LogP contribution in [0.5, 0.6) is 0 Å². The Hall–Kier alpha value is -2.51. The number of nitrogens with zero attached hydrogens (tertiary/aromatic N) is 5. The monoisotopic (exact) mass is 354 g/mol. The van der Waals surface area contributed by atoms with E-state index in [9.17, 15) is 0 Å². The molecule has 126 valence electrons. The Morgan fingerprint density at radius 1 is 1.24 bits per heavy atom. The third-order valence-corrected chi connectivity index (χ3v) is 4.74. The number of imidazole rings is 1. The highest BCUT2D eigenvalue weighted by Crippen LogP contribution is 2.31. The molecule has 1 atom stereocenters. The van der Waals surface area contributed by atoms with Crippen LogP contribution in [0.25, 0.3) is 33.3 Å². The number of nitrogens with one attached hydrogen (secondary N) is 1. The molecule has 1 N–H and O–H groups in total. The molecule has 1 unspecified atom stereocenters. The summed E-state index contributed by atoms with van der Waals surface area (Å²) in [4.78, 5) is 13.4. The van der Waals surface area contributed by atoms with Gasteiger partial charge in [0.15, 0.2) is 5.65 Å². The van der Waals surface area contributed by atoms with Crippen molar-refractivity contribution < 1.29 is 4.74 Å². The van der Waals surface area contributed by atoms with Crippen molar-refractivity contribution in [2.45, 2.75) is 25.5 Å². The Morgan fingerprint density at radius 3 is 3.08 bits per heavy atom. The van der Waals surface area contributed by atoms with E-state index in [1.54, 1.807) is 12.5 Å². The number of fused-ring (bicyclic) bond motifs is 2. The first-order chi connectivity index (χ1) is 12.3. The Kier molecular flexibility index (Phi) is 3.43. The summed E-state index contributed by atoms with van der Waals surface area (Å²) < 4.78 is 7.83. The molecular formula is C17H15ClN6O. The van der Waals surface area contributed by atoms with Gasteiger partial charge in [0, 0.05) is 17.6 Å². The zero-order valence-electron chi connectivity index (χ0n) is 13.3. The summed E-state index contributed by atoms with van der Waals surface area (Å²) in [7, 11) is 0. The minimum atomic E-state index is -0.0485. The third kappa shape index (κ3) is 2.47. The van der Waals surface area contributed by atoms with Crippen LogP contribution in [-0.2, 0) is 4.74 Å². The Bertz CT molecular complexity index is 1070. The maximum Gasteiger partial charge on any atom is 0.225 e. The van der Waals surface area contributed by atoms with Crippen LogP contribution in [0.4, 0.5) is 0 Å². The maximum atomic E-state index is 6.21. The lowest BCUT2D eigenvalue weighted by Gasteiger charge is -2.23. The zero-order valence-corrected chi connectivity index (χ0v) is 14.1. The summed E-state index contributed by atoms with van der Waals surface area (Å²) >= 11 is 6.21. The molecule has 1 saturated heterocycles. The largest absolute Gasteiger partial charge is 0.358 e. The van der Waals surface area contributed by atoms with Gasteiger partial charge in [-0.3, -0.25) is 9.67 Å².